The van der Waals surface area contributed by atoms with Crippen LogP contribution < -0.4 is 15.2 Å². The van der Waals surface area contributed by atoms with Crippen molar-refractivity contribution >= 4 is 5.97 Å². The summed E-state index contributed by atoms with van der Waals surface area (Å²) in [6, 6.07) is 15.3. The fourth-order valence-electron chi connectivity index (χ4n) is 1.99. The Kier molecular flexibility index (Phi) is 9.06. The Balaban J connectivity index is 0.000000705. The van der Waals surface area contributed by atoms with E-state index in [2.05, 4.69) is 0 Å². The fourth-order valence-corrected chi connectivity index (χ4v) is 1.99. The van der Waals surface area contributed by atoms with Gasteiger partial charge in [0.05, 0.1) is 12.7 Å². The number of carboxylic acids is 1. The smallest absolute Gasteiger partial charge is 0.300 e. The van der Waals surface area contributed by atoms with Gasteiger partial charge in [0, 0.05) is 13.5 Å². The van der Waals surface area contributed by atoms with E-state index in [1.165, 1.54) is 0 Å². The standard InChI is InChI=1S/C17H21NO3.C2H4O2/c1-2-20-17-10-14(15(19)11-18)8-9-16(17)21-12-13-6-4-3-5-7-13;1-2(3)4/h3-10,15,19H,2,11-12,18H2,1H3;1H3,(H,3,4). The third-order valence-corrected chi connectivity index (χ3v) is 3.11. The van der Waals surface area contributed by atoms with E-state index in [1.807, 2.05) is 43.3 Å². The summed E-state index contributed by atoms with van der Waals surface area (Å²) in [6.45, 7) is 4.17. The summed E-state index contributed by atoms with van der Waals surface area (Å²) < 4.78 is 11.4. The number of aliphatic hydroxyl groups excluding tert-OH is 1. The van der Waals surface area contributed by atoms with Gasteiger partial charge in [-0.15, -0.1) is 0 Å². The predicted molar refractivity (Wildman–Crippen MR) is 95.7 cm³/mol. The predicted octanol–water partition coefficient (Wildman–Crippen LogP) is 2.75. The molecule has 2 aromatic carbocycles. The van der Waals surface area contributed by atoms with Gasteiger partial charge >= 0.3 is 0 Å². The van der Waals surface area contributed by atoms with Gasteiger partial charge in [-0.2, -0.15) is 0 Å². The molecule has 0 aliphatic carbocycles. The van der Waals surface area contributed by atoms with E-state index < -0.39 is 12.1 Å². The topological polar surface area (TPSA) is 102 Å². The summed E-state index contributed by atoms with van der Waals surface area (Å²) in [5.41, 5.74) is 7.30. The van der Waals surface area contributed by atoms with Crippen molar-refractivity contribution in [2.45, 2.75) is 26.6 Å². The number of aliphatic hydroxyl groups is 1. The van der Waals surface area contributed by atoms with Gasteiger partial charge in [0.15, 0.2) is 11.5 Å². The molecule has 6 heteroatoms. The Morgan fingerprint density at radius 2 is 1.76 bits per heavy atom. The highest BCUT2D eigenvalue weighted by molar-refractivity contribution is 5.62. The third kappa shape index (κ3) is 7.69. The van der Waals surface area contributed by atoms with Crippen LogP contribution in [0.25, 0.3) is 0 Å². The maximum absolute atomic E-state index is 9.80. The second kappa shape index (κ2) is 11.1. The molecule has 6 nitrogen and oxygen atoms in total. The minimum atomic E-state index is -0.833. The summed E-state index contributed by atoms with van der Waals surface area (Å²) in [5, 5.41) is 17.2. The monoisotopic (exact) mass is 347 g/mol. The van der Waals surface area contributed by atoms with E-state index in [-0.39, 0.29) is 6.54 Å². The maximum atomic E-state index is 9.80. The van der Waals surface area contributed by atoms with Gasteiger partial charge in [-0.25, -0.2) is 0 Å². The highest BCUT2D eigenvalue weighted by Gasteiger charge is 2.11. The number of nitrogens with two attached hydrogens (primary N) is 1. The van der Waals surface area contributed by atoms with E-state index >= 15 is 0 Å². The van der Waals surface area contributed by atoms with Crippen molar-refractivity contribution in [3.05, 3.63) is 59.7 Å². The molecule has 0 aliphatic heterocycles. The molecule has 0 bridgehead atoms. The number of hydrogen-bond acceptors (Lipinski definition) is 5. The molecule has 25 heavy (non-hydrogen) atoms. The fraction of sp³-hybridized carbons (Fsp3) is 0.316. The van der Waals surface area contributed by atoms with Gasteiger partial charge < -0.3 is 25.4 Å². The van der Waals surface area contributed by atoms with Gasteiger partial charge in [0.2, 0.25) is 0 Å². The zero-order valence-electron chi connectivity index (χ0n) is 14.5. The van der Waals surface area contributed by atoms with E-state index in [1.54, 1.807) is 12.1 Å². The van der Waals surface area contributed by atoms with Crippen LogP contribution in [0.3, 0.4) is 0 Å². The van der Waals surface area contributed by atoms with Crippen LogP contribution in [-0.2, 0) is 11.4 Å². The lowest BCUT2D eigenvalue weighted by Crippen LogP contribution is -2.11. The van der Waals surface area contributed by atoms with E-state index in [0.717, 1.165) is 18.1 Å². The van der Waals surface area contributed by atoms with E-state index in [0.29, 0.717) is 24.7 Å². The van der Waals surface area contributed by atoms with Crippen LogP contribution in [0.5, 0.6) is 11.5 Å². The molecule has 2 aromatic rings. The maximum Gasteiger partial charge on any atom is 0.300 e. The zero-order valence-corrected chi connectivity index (χ0v) is 14.5. The first-order chi connectivity index (χ1) is 12.0. The molecule has 4 N–H and O–H groups in total. The summed E-state index contributed by atoms with van der Waals surface area (Å²) in [5.74, 6) is 0.451. The molecule has 0 heterocycles. The number of carboxylic acid groups (broad SMARTS) is 1. The normalized spacial score (nSPS) is 11.0. The van der Waals surface area contributed by atoms with Crippen LogP contribution in [0.2, 0.25) is 0 Å². The number of carbonyl (C=O) groups is 1. The molecule has 2 rings (SSSR count). The third-order valence-electron chi connectivity index (χ3n) is 3.11. The van der Waals surface area contributed by atoms with Crippen LogP contribution in [0, 0.1) is 0 Å². The lowest BCUT2D eigenvalue weighted by Gasteiger charge is -2.15. The van der Waals surface area contributed by atoms with Crippen molar-refractivity contribution in [2.75, 3.05) is 13.2 Å². The molecule has 0 spiro atoms. The average Bonchev–Trinajstić information content (AvgIpc) is 2.60. The van der Waals surface area contributed by atoms with Gasteiger partial charge in [0.1, 0.15) is 6.61 Å². The van der Waals surface area contributed by atoms with Crippen molar-refractivity contribution in [1.82, 2.24) is 0 Å². The second-order valence-electron chi connectivity index (χ2n) is 5.18. The minimum absolute atomic E-state index is 0.176. The first-order valence-corrected chi connectivity index (χ1v) is 7.99. The molecular weight excluding hydrogens is 322 g/mol. The first kappa shape index (κ1) is 20.5. The van der Waals surface area contributed by atoms with Gasteiger partial charge in [-0.1, -0.05) is 36.4 Å². The summed E-state index contributed by atoms with van der Waals surface area (Å²) >= 11 is 0. The zero-order chi connectivity index (χ0) is 18.7. The Morgan fingerprint density at radius 1 is 1.12 bits per heavy atom. The molecule has 0 fully saturated rings. The summed E-state index contributed by atoms with van der Waals surface area (Å²) in [6.07, 6.45) is -0.688. The lowest BCUT2D eigenvalue weighted by molar-refractivity contribution is -0.134. The van der Waals surface area contributed by atoms with Gasteiger partial charge in [0.25, 0.3) is 5.97 Å². The molecule has 0 aliphatic rings. The molecule has 0 saturated heterocycles. The molecule has 0 saturated carbocycles. The van der Waals surface area contributed by atoms with Crippen molar-refractivity contribution in [3.8, 4) is 11.5 Å². The largest absolute Gasteiger partial charge is 0.490 e. The van der Waals surface area contributed by atoms with E-state index in [4.69, 9.17) is 25.1 Å². The van der Waals surface area contributed by atoms with Crippen LogP contribution in [0.15, 0.2) is 48.5 Å². The minimum Gasteiger partial charge on any atom is -0.490 e. The summed E-state index contributed by atoms with van der Waals surface area (Å²) in [4.78, 5) is 9.00. The molecule has 1 unspecified atom stereocenters. The average molecular weight is 347 g/mol. The molecular formula is C19H25NO5. The van der Waals surface area contributed by atoms with E-state index in [9.17, 15) is 5.11 Å². The number of aliphatic carboxylic acids is 1. The van der Waals surface area contributed by atoms with Gasteiger partial charge in [-0.3, -0.25) is 4.79 Å². The number of rotatable bonds is 7. The van der Waals surface area contributed by atoms with Gasteiger partial charge in [-0.05, 0) is 30.2 Å². The van der Waals surface area contributed by atoms with Crippen molar-refractivity contribution in [3.63, 3.8) is 0 Å². The highest BCUT2D eigenvalue weighted by Crippen LogP contribution is 2.31. The number of ether oxygens (including phenoxy) is 2. The van der Waals surface area contributed by atoms with Crippen molar-refractivity contribution in [2.24, 2.45) is 5.73 Å². The molecule has 0 radical (unpaired) electrons. The Morgan fingerprint density at radius 3 is 2.32 bits per heavy atom. The van der Waals surface area contributed by atoms with Crippen LogP contribution in [0.4, 0.5) is 0 Å². The molecule has 1 atom stereocenters. The number of benzene rings is 2. The summed E-state index contributed by atoms with van der Waals surface area (Å²) in [7, 11) is 0. The Bertz CT molecular complexity index is 642. The molecule has 136 valence electrons. The van der Waals surface area contributed by atoms with Crippen LogP contribution in [-0.4, -0.2) is 29.3 Å². The SMILES string of the molecule is CC(=O)O.CCOc1cc(C(O)CN)ccc1OCc1ccccc1. The molecule has 0 amide bonds. The first-order valence-electron chi connectivity index (χ1n) is 7.99. The van der Waals surface area contributed by atoms with Crippen molar-refractivity contribution < 1.29 is 24.5 Å². The Labute approximate surface area is 147 Å². The van der Waals surface area contributed by atoms with Crippen LogP contribution in [0.1, 0.15) is 31.1 Å². The lowest BCUT2D eigenvalue weighted by atomic mass is 10.1. The Hall–Kier alpha value is -2.57. The van der Waals surface area contributed by atoms with Crippen molar-refractivity contribution in [1.29, 1.82) is 0 Å². The second-order valence-corrected chi connectivity index (χ2v) is 5.18. The molecule has 0 aromatic heterocycles. The highest BCUT2D eigenvalue weighted by atomic mass is 16.5. The van der Waals surface area contributed by atoms with Crippen LogP contribution >= 0.6 is 0 Å². The quantitative estimate of drug-likeness (QED) is 0.712. The number of hydrogen-bond donors (Lipinski definition) is 3.